The summed E-state index contributed by atoms with van der Waals surface area (Å²) in [7, 11) is 2.69. The van der Waals surface area contributed by atoms with Gasteiger partial charge in [0.2, 0.25) is 0 Å². The third kappa shape index (κ3) is 5.84. The van der Waals surface area contributed by atoms with Crippen molar-refractivity contribution in [3.05, 3.63) is 59.7 Å². The summed E-state index contributed by atoms with van der Waals surface area (Å²) in [6.07, 6.45) is 0. The van der Waals surface area contributed by atoms with Crippen LogP contribution in [0.5, 0.6) is 0 Å². The van der Waals surface area contributed by atoms with Crippen molar-refractivity contribution in [2.75, 3.05) is 33.9 Å². The van der Waals surface area contributed by atoms with Crippen LogP contribution in [-0.4, -0.2) is 61.9 Å². The first-order chi connectivity index (χ1) is 15.0. The molecule has 0 aromatic heterocycles. The lowest BCUT2D eigenvalue weighted by atomic mass is 10.2. The maximum absolute atomic E-state index is 11.5. The molecule has 0 saturated carbocycles. The Morgan fingerprint density at radius 2 is 1.29 bits per heavy atom. The fourth-order valence-corrected chi connectivity index (χ4v) is 2.93. The highest BCUT2D eigenvalue weighted by Crippen LogP contribution is 2.19. The van der Waals surface area contributed by atoms with Crippen molar-refractivity contribution in [1.29, 1.82) is 0 Å². The zero-order chi connectivity index (χ0) is 22.2. The molecule has 0 radical (unpaired) electrons. The first kappa shape index (κ1) is 21.9. The van der Waals surface area contributed by atoms with E-state index in [1.165, 1.54) is 14.2 Å². The second kappa shape index (κ2) is 10.3. The molecule has 1 atom stereocenters. The second-order valence-corrected chi connectivity index (χ2v) is 6.88. The summed E-state index contributed by atoms with van der Waals surface area (Å²) in [5.41, 5.74) is 2.23. The second-order valence-electron chi connectivity index (χ2n) is 6.88. The SMILES string of the molecule is COC(=O)c1ccc(N=NN2CCN(N=Nc3ccc(C(=O)OC)cc3)C(C)C2)cc1. The van der Waals surface area contributed by atoms with Gasteiger partial charge in [-0.05, 0) is 55.5 Å². The largest absolute Gasteiger partial charge is 0.465 e. The molecule has 10 nitrogen and oxygen atoms in total. The Morgan fingerprint density at radius 3 is 1.74 bits per heavy atom. The van der Waals surface area contributed by atoms with E-state index < -0.39 is 0 Å². The first-order valence-corrected chi connectivity index (χ1v) is 9.72. The molecule has 1 heterocycles. The van der Waals surface area contributed by atoms with Crippen LogP contribution in [0.1, 0.15) is 27.6 Å². The summed E-state index contributed by atoms with van der Waals surface area (Å²) >= 11 is 0. The number of ether oxygens (including phenoxy) is 2. The van der Waals surface area contributed by atoms with Crippen molar-refractivity contribution in [2.24, 2.45) is 20.7 Å². The van der Waals surface area contributed by atoms with Crippen molar-refractivity contribution >= 4 is 23.3 Å². The summed E-state index contributed by atoms with van der Waals surface area (Å²) in [5.74, 6) is -0.774. The van der Waals surface area contributed by atoms with Gasteiger partial charge in [0.25, 0.3) is 0 Å². The Balaban J connectivity index is 1.53. The summed E-state index contributed by atoms with van der Waals surface area (Å²) < 4.78 is 9.36. The number of methoxy groups -OCH3 is 2. The minimum absolute atomic E-state index is 0.0903. The third-order valence-electron chi connectivity index (χ3n) is 4.71. The van der Waals surface area contributed by atoms with Crippen LogP contribution in [0.3, 0.4) is 0 Å². The Bertz CT molecular complexity index is 959. The molecule has 162 valence electrons. The number of carbonyl (C=O) groups is 2. The van der Waals surface area contributed by atoms with E-state index in [1.807, 2.05) is 16.9 Å². The lowest BCUT2D eigenvalue weighted by Crippen LogP contribution is -2.47. The number of nitrogens with zero attached hydrogens (tertiary/aromatic N) is 6. The van der Waals surface area contributed by atoms with Gasteiger partial charge >= 0.3 is 11.9 Å². The van der Waals surface area contributed by atoms with Gasteiger partial charge in [-0.1, -0.05) is 10.4 Å². The first-order valence-electron chi connectivity index (χ1n) is 9.72. The number of piperazine rings is 1. The zero-order valence-electron chi connectivity index (χ0n) is 17.6. The fourth-order valence-electron chi connectivity index (χ4n) is 2.93. The number of benzene rings is 2. The minimum Gasteiger partial charge on any atom is -0.465 e. The van der Waals surface area contributed by atoms with Crippen LogP contribution in [0.4, 0.5) is 11.4 Å². The van der Waals surface area contributed by atoms with E-state index in [0.29, 0.717) is 42.1 Å². The number of rotatable bonds is 6. The highest BCUT2D eigenvalue weighted by molar-refractivity contribution is 5.90. The van der Waals surface area contributed by atoms with Gasteiger partial charge in [0, 0.05) is 0 Å². The molecule has 1 aliphatic rings. The maximum Gasteiger partial charge on any atom is 0.337 e. The van der Waals surface area contributed by atoms with Crippen LogP contribution in [0.25, 0.3) is 0 Å². The molecule has 1 aliphatic heterocycles. The van der Waals surface area contributed by atoms with Crippen molar-refractivity contribution in [2.45, 2.75) is 13.0 Å². The Hall–Kier alpha value is -3.82. The van der Waals surface area contributed by atoms with E-state index in [9.17, 15) is 9.59 Å². The topological polar surface area (TPSA) is 109 Å². The predicted molar refractivity (Wildman–Crippen MR) is 112 cm³/mol. The van der Waals surface area contributed by atoms with E-state index in [0.717, 1.165) is 0 Å². The zero-order valence-corrected chi connectivity index (χ0v) is 17.6. The van der Waals surface area contributed by atoms with Gasteiger partial charge < -0.3 is 9.47 Å². The summed E-state index contributed by atoms with van der Waals surface area (Å²) in [6, 6.07) is 13.6. The highest BCUT2D eigenvalue weighted by atomic mass is 16.5. The summed E-state index contributed by atoms with van der Waals surface area (Å²) in [6.45, 7) is 3.97. The molecule has 10 heteroatoms. The molecular weight excluding hydrogens is 400 g/mol. The average Bonchev–Trinajstić information content (AvgIpc) is 2.81. The molecule has 0 bridgehead atoms. The molecule has 31 heavy (non-hydrogen) atoms. The molecule has 1 saturated heterocycles. The van der Waals surface area contributed by atoms with E-state index in [1.54, 1.807) is 48.5 Å². The van der Waals surface area contributed by atoms with Gasteiger partial charge in [0.15, 0.2) is 0 Å². The summed E-state index contributed by atoms with van der Waals surface area (Å²) in [5, 5.41) is 20.8. The number of carbonyl (C=O) groups excluding carboxylic acids is 2. The molecule has 2 aromatic carbocycles. The third-order valence-corrected chi connectivity index (χ3v) is 4.71. The fraction of sp³-hybridized carbons (Fsp3) is 0.333. The normalized spacial score (nSPS) is 16.7. The van der Waals surface area contributed by atoms with Crippen LogP contribution in [0.15, 0.2) is 69.2 Å². The van der Waals surface area contributed by atoms with Gasteiger partial charge in [-0.3, -0.25) is 10.0 Å². The van der Waals surface area contributed by atoms with Crippen molar-refractivity contribution in [3.8, 4) is 0 Å². The van der Waals surface area contributed by atoms with Crippen molar-refractivity contribution in [3.63, 3.8) is 0 Å². The lowest BCUT2D eigenvalue weighted by Gasteiger charge is -2.34. The molecule has 0 spiro atoms. The molecule has 0 aliphatic carbocycles. The Morgan fingerprint density at radius 1 is 0.806 bits per heavy atom. The molecule has 1 unspecified atom stereocenters. The average molecular weight is 424 g/mol. The van der Waals surface area contributed by atoms with E-state index in [-0.39, 0.29) is 18.0 Å². The van der Waals surface area contributed by atoms with E-state index >= 15 is 0 Å². The molecule has 0 amide bonds. The van der Waals surface area contributed by atoms with Crippen LogP contribution in [0, 0.1) is 0 Å². The standard InChI is InChI=1S/C21H24N6O4/c1-15-14-26(24-22-18-8-4-16(5-9-18)20(28)30-2)12-13-27(15)25-23-19-10-6-17(7-11-19)21(29)31-3/h4-11,15H,12-14H2,1-3H3. The van der Waals surface area contributed by atoms with Crippen molar-refractivity contribution < 1.29 is 19.1 Å². The Labute approximate surface area is 180 Å². The predicted octanol–water partition coefficient (Wildman–Crippen LogP) is 3.96. The van der Waals surface area contributed by atoms with Gasteiger partial charge in [0.1, 0.15) is 0 Å². The number of hydrogen-bond acceptors (Lipinski definition) is 8. The maximum atomic E-state index is 11.5. The molecule has 2 aromatic rings. The van der Waals surface area contributed by atoms with Crippen molar-refractivity contribution in [1.82, 2.24) is 10.0 Å². The van der Waals surface area contributed by atoms with E-state index in [2.05, 4.69) is 30.1 Å². The highest BCUT2D eigenvalue weighted by Gasteiger charge is 2.22. The van der Waals surface area contributed by atoms with Crippen LogP contribution in [0.2, 0.25) is 0 Å². The monoisotopic (exact) mass is 424 g/mol. The number of hydrogen-bond donors (Lipinski definition) is 0. The minimum atomic E-state index is -0.387. The van der Waals surface area contributed by atoms with Crippen LogP contribution in [-0.2, 0) is 9.47 Å². The molecule has 1 fully saturated rings. The molecule has 0 N–H and O–H groups in total. The van der Waals surface area contributed by atoms with Gasteiger partial charge in [-0.15, -0.1) is 10.2 Å². The summed E-state index contributed by atoms with van der Waals surface area (Å²) in [4.78, 5) is 22.9. The number of esters is 2. The van der Waals surface area contributed by atoms with Gasteiger partial charge in [-0.2, -0.15) is 0 Å². The van der Waals surface area contributed by atoms with Gasteiger partial charge in [0.05, 0.1) is 62.4 Å². The molecular formula is C21H24N6O4. The quantitative estimate of drug-likeness (QED) is 0.513. The van der Waals surface area contributed by atoms with Gasteiger partial charge in [-0.25, -0.2) is 9.59 Å². The smallest absolute Gasteiger partial charge is 0.337 e. The van der Waals surface area contributed by atoms with E-state index in [4.69, 9.17) is 0 Å². The lowest BCUT2D eigenvalue weighted by molar-refractivity contribution is 0.0592. The Kier molecular flexibility index (Phi) is 7.26. The molecule has 3 rings (SSSR count). The van der Waals surface area contributed by atoms with Crippen LogP contribution >= 0.6 is 0 Å². The van der Waals surface area contributed by atoms with Crippen LogP contribution < -0.4 is 0 Å².